The average Bonchev–Trinajstić information content (AvgIpc) is 1.87. The second-order valence-corrected chi connectivity index (χ2v) is 2.61. The lowest BCUT2D eigenvalue weighted by atomic mass is 10.1. The first kappa shape index (κ1) is 10.7. The smallest absolute Gasteiger partial charge is 0.245 e. The van der Waals surface area contributed by atoms with Crippen LogP contribution >= 0.6 is 0 Å². The van der Waals surface area contributed by atoms with Crippen LogP contribution in [0.25, 0.3) is 0 Å². The highest BCUT2D eigenvalue weighted by molar-refractivity contribution is 4.73. The maximum Gasteiger partial charge on any atom is 0.250 e. The van der Waals surface area contributed by atoms with Crippen molar-refractivity contribution in [2.45, 2.75) is 45.0 Å². The Hall–Kier alpha value is -0.280. The van der Waals surface area contributed by atoms with Gasteiger partial charge in [0, 0.05) is 12.8 Å². The Labute approximate surface area is 63.6 Å². The van der Waals surface area contributed by atoms with Crippen LogP contribution in [0.4, 0.5) is 17.6 Å². The summed E-state index contributed by atoms with van der Waals surface area (Å²) in [7, 11) is 0. The first-order chi connectivity index (χ1) is 4.89. The van der Waals surface area contributed by atoms with Crippen molar-refractivity contribution in [2.24, 2.45) is 0 Å². The van der Waals surface area contributed by atoms with Crippen molar-refractivity contribution in [1.29, 1.82) is 0 Å². The van der Waals surface area contributed by atoms with E-state index in [4.69, 9.17) is 0 Å². The molecule has 0 bridgehead atoms. The Balaban J connectivity index is 3.83. The third-order valence-electron chi connectivity index (χ3n) is 1.51. The maximum atomic E-state index is 12.4. The highest BCUT2D eigenvalue weighted by atomic mass is 19.3. The highest BCUT2D eigenvalue weighted by Gasteiger charge is 2.32. The first-order valence-electron chi connectivity index (χ1n) is 3.55. The molecule has 2 atom stereocenters. The fourth-order valence-corrected chi connectivity index (χ4v) is 0.592. The Morgan fingerprint density at radius 3 is 2.00 bits per heavy atom. The fraction of sp³-hybridized carbons (Fsp3) is 1.00. The second kappa shape index (κ2) is 3.93. The summed E-state index contributed by atoms with van der Waals surface area (Å²) in [5.74, 6) is -3.07. The molecule has 0 fully saturated rings. The van der Waals surface area contributed by atoms with Gasteiger partial charge in [0.2, 0.25) is 0 Å². The Bertz CT molecular complexity index is 111. The molecule has 0 aliphatic carbocycles. The lowest BCUT2D eigenvalue weighted by molar-refractivity contribution is -0.0420. The number of halogens is 4. The minimum atomic E-state index is -3.07. The lowest BCUT2D eigenvalue weighted by Crippen LogP contribution is -2.25. The van der Waals surface area contributed by atoms with Gasteiger partial charge in [0.1, 0.15) is 12.3 Å². The van der Waals surface area contributed by atoms with E-state index in [1.54, 1.807) is 0 Å². The van der Waals surface area contributed by atoms with Crippen LogP contribution < -0.4 is 0 Å². The number of alkyl halides is 4. The van der Waals surface area contributed by atoms with E-state index >= 15 is 0 Å². The molecule has 0 heterocycles. The van der Waals surface area contributed by atoms with Crippen LogP contribution in [-0.2, 0) is 0 Å². The van der Waals surface area contributed by atoms with Gasteiger partial charge in [-0.15, -0.1) is 0 Å². The van der Waals surface area contributed by atoms with E-state index in [0.29, 0.717) is 0 Å². The van der Waals surface area contributed by atoms with Crippen LogP contribution in [0.5, 0.6) is 0 Å². The van der Waals surface area contributed by atoms with Gasteiger partial charge in [0.05, 0.1) is 0 Å². The van der Waals surface area contributed by atoms with E-state index < -0.39 is 31.1 Å². The molecule has 4 heteroatoms. The van der Waals surface area contributed by atoms with Crippen molar-refractivity contribution in [3.63, 3.8) is 0 Å². The second-order valence-electron chi connectivity index (χ2n) is 2.61. The van der Waals surface area contributed by atoms with E-state index in [9.17, 15) is 17.6 Å². The van der Waals surface area contributed by atoms with Gasteiger partial charge in [-0.05, 0) is 6.92 Å². The molecular weight excluding hydrogens is 160 g/mol. The van der Waals surface area contributed by atoms with Crippen molar-refractivity contribution < 1.29 is 17.6 Å². The zero-order valence-corrected chi connectivity index (χ0v) is 6.58. The van der Waals surface area contributed by atoms with Crippen LogP contribution in [-0.4, -0.2) is 18.3 Å². The predicted octanol–water partition coefficient (Wildman–Crippen LogP) is 3.12. The molecule has 0 aliphatic rings. The summed E-state index contributed by atoms with van der Waals surface area (Å²) >= 11 is 0. The van der Waals surface area contributed by atoms with Crippen LogP contribution in [0.2, 0.25) is 0 Å². The molecule has 0 aromatic carbocycles. The highest BCUT2D eigenvalue weighted by Crippen LogP contribution is 2.27. The van der Waals surface area contributed by atoms with Gasteiger partial charge < -0.3 is 0 Å². The van der Waals surface area contributed by atoms with Crippen molar-refractivity contribution in [3.05, 3.63) is 0 Å². The molecule has 0 amide bonds. The zero-order valence-electron chi connectivity index (χ0n) is 6.58. The van der Waals surface area contributed by atoms with Crippen LogP contribution in [0, 0.1) is 0 Å². The number of rotatable bonds is 4. The molecule has 0 aromatic rings. The van der Waals surface area contributed by atoms with Gasteiger partial charge >= 0.3 is 0 Å². The number of hydrogen-bond acceptors (Lipinski definition) is 0. The first-order valence-corrected chi connectivity index (χ1v) is 3.55. The monoisotopic (exact) mass is 172 g/mol. The summed E-state index contributed by atoms with van der Waals surface area (Å²) < 4.78 is 49.1. The zero-order chi connectivity index (χ0) is 9.07. The molecule has 0 radical (unpaired) electrons. The van der Waals surface area contributed by atoms with E-state index in [-0.39, 0.29) is 0 Å². The SMILES string of the molecule is CCC(F)(F)C[C@H](F)C(C)F. The van der Waals surface area contributed by atoms with Crippen molar-refractivity contribution >= 4 is 0 Å². The standard InChI is InChI=1S/C7H12F4/c1-3-7(10,11)4-6(9)5(2)8/h5-6H,3-4H2,1-2H3/t5?,6-/m0/s1. The Morgan fingerprint density at radius 1 is 1.27 bits per heavy atom. The molecule has 0 nitrogen and oxygen atoms in total. The normalized spacial score (nSPS) is 18.0. The molecule has 0 spiro atoms. The van der Waals surface area contributed by atoms with Crippen molar-refractivity contribution in [3.8, 4) is 0 Å². The minimum absolute atomic E-state index is 0.444. The summed E-state index contributed by atoms with van der Waals surface area (Å²) in [6.07, 6.45) is -5.32. The summed E-state index contributed by atoms with van der Waals surface area (Å²) in [4.78, 5) is 0. The minimum Gasteiger partial charge on any atom is -0.245 e. The van der Waals surface area contributed by atoms with Gasteiger partial charge in [-0.2, -0.15) is 0 Å². The van der Waals surface area contributed by atoms with Crippen molar-refractivity contribution in [2.75, 3.05) is 0 Å². The molecule has 11 heavy (non-hydrogen) atoms. The molecule has 0 N–H and O–H groups in total. The average molecular weight is 172 g/mol. The van der Waals surface area contributed by atoms with E-state index in [0.717, 1.165) is 6.92 Å². The maximum absolute atomic E-state index is 12.4. The summed E-state index contributed by atoms with van der Waals surface area (Å²) in [6.45, 7) is 2.19. The van der Waals surface area contributed by atoms with Gasteiger partial charge in [-0.25, -0.2) is 17.6 Å². The quantitative estimate of drug-likeness (QED) is 0.571. The molecular formula is C7H12F4. The Morgan fingerprint density at radius 2 is 1.73 bits per heavy atom. The van der Waals surface area contributed by atoms with E-state index in [2.05, 4.69) is 0 Å². The summed E-state index contributed by atoms with van der Waals surface area (Å²) in [6, 6.07) is 0. The van der Waals surface area contributed by atoms with Gasteiger partial charge in [-0.1, -0.05) is 6.92 Å². The van der Waals surface area contributed by atoms with Gasteiger partial charge in [0.25, 0.3) is 5.92 Å². The van der Waals surface area contributed by atoms with E-state index in [1.165, 1.54) is 6.92 Å². The molecule has 0 saturated heterocycles. The Kier molecular flexibility index (Phi) is 3.83. The topological polar surface area (TPSA) is 0 Å². The van der Waals surface area contributed by atoms with E-state index in [1.807, 2.05) is 0 Å². The fourth-order valence-electron chi connectivity index (χ4n) is 0.592. The van der Waals surface area contributed by atoms with Crippen LogP contribution in [0.1, 0.15) is 26.7 Å². The molecule has 0 rings (SSSR count). The molecule has 0 saturated carbocycles. The molecule has 1 unspecified atom stereocenters. The van der Waals surface area contributed by atoms with Gasteiger partial charge in [0.15, 0.2) is 0 Å². The summed E-state index contributed by atoms with van der Waals surface area (Å²) in [5, 5.41) is 0. The van der Waals surface area contributed by atoms with Crippen LogP contribution in [0.3, 0.4) is 0 Å². The number of hydrogen-bond donors (Lipinski definition) is 0. The molecule has 68 valence electrons. The largest absolute Gasteiger partial charge is 0.250 e. The molecule has 0 aromatic heterocycles. The molecule has 0 aliphatic heterocycles. The van der Waals surface area contributed by atoms with Gasteiger partial charge in [-0.3, -0.25) is 0 Å². The van der Waals surface area contributed by atoms with Crippen molar-refractivity contribution in [1.82, 2.24) is 0 Å². The predicted molar refractivity (Wildman–Crippen MR) is 35.3 cm³/mol. The summed E-state index contributed by atoms with van der Waals surface area (Å²) in [5.41, 5.74) is 0. The third kappa shape index (κ3) is 4.22. The lowest BCUT2D eigenvalue weighted by Gasteiger charge is -2.17. The van der Waals surface area contributed by atoms with Crippen LogP contribution in [0.15, 0.2) is 0 Å². The third-order valence-corrected chi connectivity index (χ3v) is 1.51.